The second kappa shape index (κ2) is 8.33. The van der Waals surface area contributed by atoms with E-state index in [-0.39, 0.29) is 36.0 Å². The van der Waals surface area contributed by atoms with E-state index in [0.717, 1.165) is 17.7 Å². The van der Waals surface area contributed by atoms with Crippen LogP contribution in [0.5, 0.6) is 0 Å². The SMILES string of the molecule is CC(C)c1ccc(N2C(=O)CN(CCc3ccc(Cl)cc3)C3CS(=O)(=O)CC32)cc1. The zero-order chi connectivity index (χ0) is 21.5. The molecule has 2 aliphatic rings. The molecule has 2 saturated heterocycles. The van der Waals surface area contributed by atoms with Gasteiger partial charge in [0.2, 0.25) is 5.91 Å². The fraction of sp³-hybridized carbons (Fsp3) is 0.435. The molecule has 7 heteroatoms. The molecular formula is C23H27ClN2O3S. The van der Waals surface area contributed by atoms with Crippen molar-refractivity contribution < 1.29 is 13.2 Å². The Balaban J connectivity index is 1.56. The first kappa shape index (κ1) is 21.3. The number of piperazine rings is 1. The highest BCUT2D eigenvalue weighted by Crippen LogP contribution is 2.32. The normalized spacial score (nSPS) is 23.7. The van der Waals surface area contributed by atoms with E-state index in [2.05, 4.69) is 13.8 Å². The van der Waals surface area contributed by atoms with Gasteiger partial charge in [0.05, 0.1) is 24.1 Å². The van der Waals surface area contributed by atoms with Crippen molar-refractivity contribution in [3.05, 3.63) is 64.7 Å². The lowest BCUT2D eigenvalue weighted by Crippen LogP contribution is -2.62. The average Bonchev–Trinajstić information content (AvgIpc) is 3.02. The van der Waals surface area contributed by atoms with Crippen LogP contribution in [0.25, 0.3) is 0 Å². The number of nitrogens with zero attached hydrogens (tertiary/aromatic N) is 2. The summed E-state index contributed by atoms with van der Waals surface area (Å²) >= 11 is 5.96. The number of amides is 1. The van der Waals surface area contributed by atoms with Gasteiger partial charge in [-0.25, -0.2) is 8.42 Å². The zero-order valence-electron chi connectivity index (χ0n) is 17.3. The minimum atomic E-state index is -3.19. The number of carbonyl (C=O) groups is 1. The van der Waals surface area contributed by atoms with E-state index in [4.69, 9.17) is 11.6 Å². The van der Waals surface area contributed by atoms with Crippen molar-refractivity contribution in [3.63, 3.8) is 0 Å². The molecule has 2 fully saturated rings. The van der Waals surface area contributed by atoms with Crippen molar-refractivity contribution in [3.8, 4) is 0 Å². The molecule has 0 aliphatic carbocycles. The lowest BCUT2D eigenvalue weighted by Gasteiger charge is -2.43. The number of rotatable bonds is 5. The first-order valence-electron chi connectivity index (χ1n) is 10.3. The van der Waals surface area contributed by atoms with Crippen molar-refractivity contribution in [2.75, 3.05) is 29.5 Å². The predicted octanol–water partition coefficient (Wildman–Crippen LogP) is 3.52. The molecule has 5 nitrogen and oxygen atoms in total. The zero-order valence-corrected chi connectivity index (χ0v) is 18.9. The maximum Gasteiger partial charge on any atom is 0.241 e. The number of hydrogen-bond donors (Lipinski definition) is 0. The third kappa shape index (κ3) is 4.41. The number of benzene rings is 2. The van der Waals surface area contributed by atoms with Crippen molar-refractivity contribution >= 4 is 33.0 Å². The van der Waals surface area contributed by atoms with Gasteiger partial charge in [0.25, 0.3) is 0 Å². The molecule has 0 saturated carbocycles. The van der Waals surface area contributed by atoms with Crippen LogP contribution >= 0.6 is 11.6 Å². The number of anilines is 1. The minimum Gasteiger partial charge on any atom is -0.306 e. The summed E-state index contributed by atoms with van der Waals surface area (Å²) in [7, 11) is -3.19. The van der Waals surface area contributed by atoms with Gasteiger partial charge in [-0.2, -0.15) is 0 Å². The molecule has 30 heavy (non-hydrogen) atoms. The molecule has 0 radical (unpaired) electrons. The standard InChI is InChI=1S/C23H27ClN2O3S/c1-16(2)18-5-9-20(10-6-18)26-22-15-30(28,29)14-21(22)25(13-23(26)27)12-11-17-3-7-19(24)8-4-17/h3-10,16,21-22H,11-15H2,1-2H3. The number of sulfone groups is 1. The van der Waals surface area contributed by atoms with E-state index in [0.29, 0.717) is 17.5 Å². The van der Waals surface area contributed by atoms with Crippen LogP contribution in [0, 0.1) is 0 Å². The van der Waals surface area contributed by atoms with Gasteiger partial charge >= 0.3 is 0 Å². The quantitative estimate of drug-likeness (QED) is 0.705. The van der Waals surface area contributed by atoms with Crippen molar-refractivity contribution in [1.82, 2.24) is 4.90 Å². The Morgan fingerprint density at radius 2 is 1.63 bits per heavy atom. The molecule has 2 unspecified atom stereocenters. The highest BCUT2D eigenvalue weighted by Gasteiger charge is 2.49. The van der Waals surface area contributed by atoms with E-state index in [1.165, 1.54) is 5.56 Å². The lowest BCUT2D eigenvalue weighted by atomic mass is 10.00. The van der Waals surface area contributed by atoms with Gasteiger partial charge in [0, 0.05) is 23.3 Å². The van der Waals surface area contributed by atoms with Gasteiger partial charge in [-0.1, -0.05) is 49.7 Å². The summed E-state index contributed by atoms with van der Waals surface area (Å²) in [6.07, 6.45) is 0.747. The van der Waals surface area contributed by atoms with Gasteiger partial charge in [-0.05, 0) is 47.7 Å². The second-order valence-corrected chi connectivity index (χ2v) is 11.2. The van der Waals surface area contributed by atoms with E-state index in [1.54, 1.807) is 4.90 Å². The van der Waals surface area contributed by atoms with Crippen LogP contribution in [0.1, 0.15) is 30.9 Å². The number of fused-ring (bicyclic) bond motifs is 1. The van der Waals surface area contributed by atoms with Gasteiger partial charge in [-0.15, -0.1) is 0 Å². The van der Waals surface area contributed by atoms with Crippen molar-refractivity contribution in [2.24, 2.45) is 0 Å². The van der Waals surface area contributed by atoms with Crippen LogP contribution in [0.2, 0.25) is 5.02 Å². The van der Waals surface area contributed by atoms with Crippen molar-refractivity contribution in [2.45, 2.75) is 38.3 Å². The maximum atomic E-state index is 13.1. The smallest absolute Gasteiger partial charge is 0.241 e. The molecule has 160 valence electrons. The Morgan fingerprint density at radius 1 is 1.00 bits per heavy atom. The van der Waals surface area contributed by atoms with Crippen LogP contribution < -0.4 is 4.90 Å². The first-order valence-corrected chi connectivity index (χ1v) is 12.5. The highest BCUT2D eigenvalue weighted by molar-refractivity contribution is 7.91. The highest BCUT2D eigenvalue weighted by atomic mass is 35.5. The number of halogens is 1. The van der Waals surface area contributed by atoms with Gasteiger partial charge in [0.1, 0.15) is 0 Å². The maximum absolute atomic E-state index is 13.1. The number of carbonyl (C=O) groups excluding carboxylic acids is 1. The van der Waals surface area contributed by atoms with Crippen molar-refractivity contribution in [1.29, 1.82) is 0 Å². The fourth-order valence-corrected chi connectivity index (χ4v) is 6.59. The van der Waals surface area contributed by atoms with Gasteiger partial charge < -0.3 is 4.90 Å². The van der Waals surface area contributed by atoms with E-state index in [9.17, 15) is 13.2 Å². The second-order valence-electron chi connectivity index (χ2n) is 8.57. The van der Waals surface area contributed by atoms with Crippen LogP contribution in [0.3, 0.4) is 0 Å². The molecule has 2 aromatic rings. The summed E-state index contributed by atoms with van der Waals surface area (Å²) < 4.78 is 25.0. The Morgan fingerprint density at radius 3 is 2.27 bits per heavy atom. The Hall–Kier alpha value is -1.89. The third-order valence-corrected chi connectivity index (χ3v) is 8.09. The largest absolute Gasteiger partial charge is 0.306 e. The summed E-state index contributed by atoms with van der Waals surface area (Å²) in [5, 5.41) is 0.688. The molecular weight excluding hydrogens is 420 g/mol. The molecule has 2 heterocycles. The summed E-state index contributed by atoms with van der Waals surface area (Å²) in [5.41, 5.74) is 3.10. The van der Waals surface area contributed by atoms with E-state index < -0.39 is 9.84 Å². The summed E-state index contributed by atoms with van der Waals surface area (Å²) in [4.78, 5) is 16.9. The van der Waals surface area contributed by atoms with Crippen LogP contribution in [0.15, 0.2) is 48.5 Å². The summed E-state index contributed by atoms with van der Waals surface area (Å²) in [5.74, 6) is 0.486. The molecule has 0 spiro atoms. The topological polar surface area (TPSA) is 57.7 Å². The molecule has 0 N–H and O–H groups in total. The van der Waals surface area contributed by atoms with Crippen LogP contribution in [0.4, 0.5) is 5.69 Å². The van der Waals surface area contributed by atoms with Gasteiger partial charge in [-0.3, -0.25) is 9.69 Å². The third-order valence-electron chi connectivity index (χ3n) is 6.14. The van der Waals surface area contributed by atoms with E-state index >= 15 is 0 Å². The van der Waals surface area contributed by atoms with E-state index in [1.807, 2.05) is 53.4 Å². The van der Waals surface area contributed by atoms with Crippen LogP contribution in [-0.2, 0) is 21.1 Å². The predicted molar refractivity (Wildman–Crippen MR) is 121 cm³/mol. The first-order chi connectivity index (χ1) is 14.2. The summed E-state index contributed by atoms with van der Waals surface area (Å²) in [6, 6.07) is 15.1. The monoisotopic (exact) mass is 446 g/mol. The molecule has 0 aromatic heterocycles. The molecule has 0 bridgehead atoms. The molecule has 1 amide bonds. The minimum absolute atomic E-state index is 0.0206. The lowest BCUT2D eigenvalue weighted by molar-refractivity contribution is -0.123. The Bertz CT molecular complexity index is 1020. The molecule has 2 atom stereocenters. The molecule has 4 rings (SSSR count). The summed E-state index contributed by atoms with van der Waals surface area (Å²) in [6.45, 7) is 5.12. The van der Waals surface area contributed by atoms with Gasteiger partial charge in [0.15, 0.2) is 9.84 Å². The van der Waals surface area contributed by atoms with Crippen LogP contribution in [-0.4, -0.2) is 55.9 Å². The number of hydrogen-bond acceptors (Lipinski definition) is 4. The molecule has 2 aliphatic heterocycles. The fourth-order valence-electron chi connectivity index (χ4n) is 4.48. The molecule has 2 aromatic carbocycles. The Labute approximate surface area is 183 Å². The average molecular weight is 447 g/mol. The Kier molecular flexibility index (Phi) is 5.93.